The smallest absolute Gasteiger partial charge is 0.142 e. The van der Waals surface area contributed by atoms with Gasteiger partial charge in [0.25, 0.3) is 0 Å². The van der Waals surface area contributed by atoms with Gasteiger partial charge in [-0.05, 0) is 24.6 Å². The molecule has 23 heavy (non-hydrogen) atoms. The summed E-state index contributed by atoms with van der Waals surface area (Å²) in [6.07, 6.45) is 0. The van der Waals surface area contributed by atoms with Gasteiger partial charge in [-0.3, -0.25) is 0 Å². The molecule has 4 nitrogen and oxygen atoms in total. The Balaban J connectivity index is 0.000000924. The van der Waals surface area contributed by atoms with Crippen molar-refractivity contribution in [1.82, 2.24) is 5.16 Å². The molecule has 0 bridgehead atoms. The highest BCUT2D eigenvalue weighted by atomic mass is 32.2. The van der Waals surface area contributed by atoms with Crippen LogP contribution in [0.2, 0.25) is 0 Å². The third-order valence-corrected chi connectivity index (χ3v) is 4.02. The molecule has 1 atom stereocenters. The minimum Gasteiger partial charge on any atom is -0.360 e. The molecule has 0 aliphatic carbocycles. The number of nitrogens with two attached hydrogens (primary N) is 1. The number of hydrogen-bond acceptors (Lipinski definition) is 3. The van der Waals surface area contributed by atoms with Crippen LogP contribution in [-0.4, -0.2) is 9.37 Å². The maximum absolute atomic E-state index is 11.3. The topological polar surface area (TPSA) is 69.1 Å². The SMILES string of the molecule is CC.Cc1onc(-c2ccccc2)c1-c1ccc(S(N)=O)cc1. The van der Waals surface area contributed by atoms with Gasteiger partial charge in [-0.1, -0.05) is 61.5 Å². The monoisotopic (exact) mass is 328 g/mol. The maximum atomic E-state index is 11.3. The van der Waals surface area contributed by atoms with Crippen molar-refractivity contribution >= 4 is 11.0 Å². The third-order valence-electron chi connectivity index (χ3n) is 3.29. The van der Waals surface area contributed by atoms with Crippen LogP contribution in [0.15, 0.2) is 64.0 Å². The first-order valence-electron chi connectivity index (χ1n) is 7.45. The fourth-order valence-corrected chi connectivity index (χ4v) is 2.67. The molecule has 2 aromatic carbocycles. The molecular weight excluding hydrogens is 308 g/mol. The van der Waals surface area contributed by atoms with Crippen molar-refractivity contribution < 1.29 is 8.73 Å². The zero-order chi connectivity index (χ0) is 16.8. The van der Waals surface area contributed by atoms with E-state index in [1.807, 2.05) is 63.2 Å². The van der Waals surface area contributed by atoms with Gasteiger partial charge in [0, 0.05) is 5.56 Å². The van der Waals surface area contributed by atoms with Crippen LogP contribution in [0.5, 0.6) is 0 Å². The molecular formula is C18H20N2O2S. The highest BCUT2D eigenvalue weighted by Crippen LogP contribution is 2.34. The molecule has 0 fully saturated rings. The second-order valence-corrected chi connectivity index (χ2v) is 5.72. The molecule has 5 heteroatoms. The molecule has 3 rings (SSSR count). The van der Waals surface area contributed by atoms with Gasteiger partial charge in [0.15, 0.2) is 0 Å². The molecule has 1 aromatic heterocycles. The van der Waals surface area contributed by atoms with Gasteiger partial charge in [-0.15, -0.1) is 0 Å². The van der Waals surface area contributed by atoms with Crippen LogP contribution < -0.4 is 5.14 Å². The summed E-state index contributed by atoms with van der Waals surface area (Å²) in [5.74, 6) is 0.746. The van der Waals surface area contributed by atoms with Crippen molar-refractivity contribution in [3.63, 3.8) is 0 Å². The van der Waals surface area contributed by atoms with Crippen LogP contribution >= 0.6 is 0 Å². The van der Waals surface area contributed by atoms with Gasteiger partial charge in [0.2, 0.25) is 0 Å². The second-order valence-electron chi connectivity index (χ2n) is 4.65. The highest BCUT2D eigenvalue weighted by Gasteiger charge is 2.16. The van der Waals surface area contributed by atoms with E-state index >= 15 is 0 Å². The highest BCUT2D eigenvalue weighted by molar-refractivity contribution is 7.82. The largest absolute Gasteiger partial charge is 0.360 e. The lowest BCUT2D eigenvalue weighted by Gasteiger charge is -2.04. The van der Waals surface area contributed by atoms with Gasteiger partial charge < -0.3 is 4.52 Å². The van der Waals surface area contributed by atoms with E-state index < -0.39 is 11.0 Å². The fourth-order valence-electron chi connectivity index (χ4n) is 2.26. The molecule has 0 spiro atoms. The van der Waals surface area contributed by atoms with E-state index in [0.717, 1.165) is 28.1 Å². The molecule has 120 valence electrons. The van der Waals surface area contributed by atoms with Gasteiger partial charge in [-0.25, -0.2) is 9.35 Å². The molecule has 1 unspecified atom stereocenters. The Morgan fingerprint density at radius 2 is 1.57 bits per heavy atom. The van der Waals surface area contributed by atoms with Crippen LogP contribution in [0.1, 0.15) is 19.6 Å². The number of aromatic nitrogens is 1. The molecule has 0 aliphatic heterocycles. The van der Waals surface area contributed by atoms with Crippen LogP contribution in [0.3, 0.4) is 0 Å². The van der Waals surface area contributed by atoms with E-state index in [4.69, 9.17) is 9.66 Å². The number of benzene rings is 2. The lowest BCUT2D eigenvalue weighted by molar-refractivity contribution is 0.400. The van der Waals surface area contributed by atoms with E-state index in [1.54, 1.807) is 12.1 Å². The summed E-state index contributed by atoms with van der Waals surface area (Å²) in [5, 5.41) is 9.53. The molecule has 0 amide bonds. The molecule has 1 heterocycles. The Labute approximate surface area is 138 Å². The summed E-state index contributed by atoms with van der Waals surface area (Å²) in [7, 11) is -1.47. The second kappa shape index (κ2) is 7.85. The standard InChI is InChI=1S/C16H14N2O2S.C2H6/c1-11-15(12-7-9-14(10-8-12)21(17)19)16(18-20-11)13-5-3-2-4-6-13;1-2/h2-10H,17H2,1H3;1-2H3. The normalized spacial score (nSPS) is 11.5. The fraction of sp³-hybridized carbons (Fsp3) is 0.167. The predicted octanol–water partition coefficient (Wildman–Crippen LogP) is 4.32. The number of aryl methyl sites for hydroxylation is 1. The zero-order valence-electron chi connectivity index (χ0n) is 13.4. The van der Waals surface area contributed by atoms with Gasteiger partial charge in [0.1, 0.15) is 22.4 Å². The van der Waals surface area contributed by atoms with Crippen LogP contribution in [-0.2, 0) is 11.0 Å². The molecule has 0 saturated carbocycles. The number of nitrogens with zero attached hydrogens (tertiary/aromatic N) is 1. The van der Waals surface area contributed by atoms with Crippen LogP contribution in [0.4, 0.5) is 0 Å². The molecule has 0 radical (unpaired) electrons. The van der Waals surface area contributed by atoms with Crippen LogP contribution in [0, 0.1) is 6.92 Å². The average Bonchev–Trinajstić information content (AvgIpc) is 2.99. The minimum absolute atomic E-state index is 0.592. The lowest BCUT2D eigenvalue weighted by Crippen LogP contribution is -2.01. The van der Waals surface area contributed by atoms with Gasteiger partial charge in [0.05, 0.1) is 10.5 Å². The molecule has 2 N–H and O–H groups in total. The number of hydrogen-bond donors (Lipinski definition) is 1. The molecule has 0 saturated heterocycles. The Hall–Kier alpha value is -2.24. The Bertz CT molecular complexity index is 781. The number of rotatable bonds is 3. The van der Waals surface area contributed by atoms with Crippen molar-refractivity contribution in [2.24, 2.45) is 5.14 Å². The van der Waals surface area contributed by atoms with Crippen LogP contribution in [0.25, 0.3) is 22.4 Å². The van der Waals surface area contributed by atoms with E-state index in [-0.39, 0.29) is 0 Å². The summed E-state index contributed by atoms with van der Waals surface area (Å²) < 4.78 is 16.6. The summed E-state index contributed by atoms with van der Waals surface area (Å²) in [6.45, 7) is 5.88. The quantitative estimate of drug-likeness (QED) is 0.778. The average molecular weight is 328 g/mol. The van der Waals surface area contributed by atoms with Crippen molar-refractivity contribution in [2.75, 3.05) is 0 Å². The first-order chi connectivity index (χ1) is 11.2. The Kier molecular flexibility index (Phi) is 5.84. The Morgan fingerprint density at radius 1 is 0.957 bits per heavy atom. The maximum Gasteiger partial charge on any atom is 0.142 e. The summed E-state index contributed by atoms with van der Waals surface area (Å²) >= 11 is 0. The lowest BCUT2D eigenvalue weighted by atomic mass is 10.00. The summed E-state index contributed by atoms with van der Waals surface area (Å²) in [5.41, 5.74) is 3.70. The van der Waals surface area contributed by atoms with Crippen molar-refractivity contribution in [3.8, 4) is 22.4 Å². The van der Waals surface area contributed by atoms with E-state index in [1.165, 1.54) is 0 Å². The third kappa shape index (κ3) is 3.75. The van der Waals surface area contributed by atoms with Crippen molar-refractivity contribution in [1.29, 1.82) is 0 Å². The Morgan fingerprint density at radius 3 is 2.13 bits per heavy atom. The zero-order valence-corrected chi connectivity index (χ0v) is 14.3. The summed E-state index contributed by atoms with van der Waals surface area (Å²) in [6, 6.07) is 17.1. The predicted molar refractivity (Wildman–Crippen MR) is 94.1 cm³/mol. The van der Waals surface area contributed by atoms with Gasteiger partial charge in [-0.2, -0.15) is 0 Å². The molecule has 0 aliphatic rings. The minimum atomic E-state index is -1.47. The van der Waals surface area contributed by atoms with Crippen molar-refractivity contribution in [2.45, 2.75) is 25.7 Å². The van der Waals surface area contributed by atoms with Gasteiger partial charge >= 0.3 is 0 Å². The van der Waals surface area contributed by atoms with E-state index in [2.05, 4.69) is 5.16 Å². The molecule has 3 aromatic rings. The summed E-state index contributed by atoms with van der Waals surface area (Å²) in [4.78, 5) is 0.592. The first-order valence-corrected chi connectivity index (χ1v) is 8.66. The first kappa shape index (κ1) is 17.1. The van der Waals surface area contributed by atoms with E-state index in [9.17, 15) is 4.21 Å². The van der Waals surface area contributed by atoms with Crippen molar-refractivity contribution in [3.05, 3.63) is 60.4 Å². The van der Waals surface area contributed by atoms with E-state index in [0.29, 0.717) is 4.90 Å².